The predicted molar refractivity (Wildman–Crippen MR) is 56.4 cm³/mol. The van der Waals surface area contributed by atoms with Crippen LogP contribution < -0.4 is 5.32 Å². The highest BCUT2D eigenvalue weighted by atomic mass is 32.2. The molecule has 0 aliphatic carbocycles. The van der Waals surface area contributed by atoms with Crippen molar-refractivity contribution >= 4 is 28.3 Å². The fourth-order valence-corrected chi connectivity index (χ4v) is 1.34. The second-order valence-electron chi connectivity index (χ2n) is 2.68. The molecule has 2 atom stereocenters. The SMILES string of the molecule is CC(O)CNC(=S)SCC(C)O. The lowest BCUT2D eigenvalue weighted by Crippen LogP contribution is -2.28. The maximum Gasteiger partial charge on any atom is 0.133 e. The highest BCUT2D eigenvalue weighted by Gasteiger charge is 2.01. The van der Waals surface area contributed by atoms with Crippen molar-refractivity contribution in [1.29, 1.82) is 0 Å². The number of hydrogen-bond acceptors (Lipinski definition) is 4. The second kappa shape index (κ2) is 6.65. The Morgan fingerprint density at radius 2 is 2.00 bits per heavy atom. The minimum atomic E-state index is -0.393. The van der Waals surface area contributed by atoms with Gasteiger partial charge in [-0.3, -0.25) is 0 Å². The number of thiocarbonyl (C=S) groups is 1. The summed E-state index contributed by atoms with van der Waals surface area (Å²) < 4.78 is 0.622. The van der Waals surface area contributed by atoms with Gasteiger partial charge in [-0.2, -0.15) is 0 Å². The van der Waals surface area contributed by atoms with E-state index in [4.69, 9.17) is 22.4 Å². The van der Waals surface area contributed by atoms with Gasteiger partial charge in [-0.1, -0.05) is 24.0 Å². The predicted octanol–water partition coefficient (Wildman–Crippen LogP) is 0.356. The largest absolute Gasteiger partial charge is 0.393 e. The van der Waals surface area contributed by atoms with Crippen LogP contribution in [0.1, 0.15) is 13.8 Å². The summed E-state index contributed by atoms with van der Waals surface area (Å²) in [6, 6.07) is 0. The first-order chi connectivity index (χ1) is 5.52. The molecule has 0 saturated carbocycles. The summed E-state index contributed by atoms with van der Waals surface area (Å²) in [6.45, 7) is 3.87. The van der Waals surface area contributed by atoms with Gasteiger partial charge < -0.3 is 15.5 Å². The van der Waals surface area contributed by atoms with E-state index in [2.05, 4.69) is 5.32 Å². The van der Waals surface area contributed by atoms with E-state index < -0.39 is 6.10 Å². The molecule has 12 heavy (non-hydrogen) atoms. The van der Waals surface area contributed by atoms with Crippen molar-refractivity contribution in [3.8, 4) is 0 Å². The van der Waals surface area contributed by atoms with Crippen LogP contribution in [-0.4, -0.2) is 39.0 Å². The molecule has 0 aromatic heterocycles. The lowest BCUT2D eigenvalue weighted by Gasteiger charge is -2.09. The van der Waals surface area contributed by atoms with Crippen LogP contribution in [0, 0.1) is 0 Å². The summed E-state index contributed by atoms with van der Waals surface area (Å²) in [5, 5.41) is 20.7. The third kappa shape index (κ3) is 8.26. The van der Waals surface area contributed by atoms with Crippen molar-refractivity contribution in [2.45, 2.75) is 26.1 Å². The Balaban J connectivity index is 3.34. The average Bonchev–Trinajstić information content (AvgIpc) is 1.96. The molecule has 0 aromatic rings. The number of thioether (sulfide) groups is 1. The van der Waals surface area contributed by atoms with Crippen molar-refractivity contribution in [3.05, 3.63) is 0 Å². The molecule has 0 rings (SSSR count). The Bertz CT molecular complexity index is 125. The van der Waals surface area contributed by atoms with Gasteiger partial charge in [-0.15, -0.1) is 0 Å². The van der Waals surface area contributed by atoms with Crippen molar-refractivity contribution < 1.29 is 10.2 Å². The van der Waals surface area contributed by atoms with E-state index in [0.29, 0.717) is 16.6 Å². The Labute approximate surface area is 82.5 Å². The Kier molecular flexibility index (Phi) is 6.74. The molecular weight excluding hydrogens is 194 g/mol. The summed E-state index contributed by atoms with van der Waals surface area (Å²) in [7, 11) is 0. The van der Waals surface area contributed by atoms with Crippen molar-refractivity contribution in [2.24, 2.45) is 0 Å². The molecule has 0 aromatic carbocycles. The molecule has 5 heteroatoms. The number of rotatable bonds is 4. The molecule has 0 aliphatic heterocycles. The first-order valence-electron chi connectivity index (χ1n) is 3.79. The van der Waals surface area contributed by atoms with Crippen LogP contribution in [0.5, 0.6) is 0 Å². The van der Waals surface area contributed by atoms with E-state index in [9.17, 15) is 0 Å². The Hall–Kier alpha value is 0.160. The molecule has 72 valence electrons. The summed E-state index contributed by atoms with van der Waals surface area (Å²) >= 11 is 6.31. The zero-order valence-corrected chi connectivity index (χ0v) is 8.91. The van der Waals surface area contributed by atoms with Crippen LogP contribution in [0.2, 0.25) is 0 Å². The fraction of sp³-hybridized carbons (Fsp3) is 0.857. The quantitative estimate of drug-likeness (QED) is 0.584. The zero-order valence-electron chi connectivity index (χ0n) is 7.28. The monoisotopic (exact) mass is 209 g/mol. The number of aliphatic hydroxyl groups excluding tert-OH is 2. The smallest absolute Gasteiger partial charge is 0.133 e. The lowest BCUT2D eigenvalue weighted by atomic mass is 10.4. The van der Waals surface area contributed by atoms with Crippen LogP contribution in [0.4, 0.5) is 0 Å². The van der Waals surface area contributed by atoms with Crippen LogP contribution in [0.25, 0.3) is 0 Å². The topological polar surface area (TPSA) is 52.5 Å². The van der Waals surface area contributed by atoms with Gasteiger partial charge in [0.2, 0.25) is 0 Å². The van der Waals surface area contributed by atoms with Crippen molar-refractivity contribution in [1.82, 2.24) is 5.32 Å². The molecule has 2 unspecified atom stereocenters. The van der Waals surface area contributed by atoms with Crippen LogP contribution in [0.15, 0.2) is 0 Å². The van der Waals surface area contributed by atoms with Crippen molar-refractivity contribution in [3.63, 3.8) is 0 Å². The molecular formula is C7H15NO2S2. The third-order valence-corrected chi connectivity index (χ3v) is 2.55. The molecule has 0 saturated heterocycles. The number of nitrogens with one attached hydrogen (secondary N) is 1. The summed E-state index contributed by atoms with van der Waals surface area (Å²) in [6.07, 6.45) is -0.739. The first-order valence-corrected chi connectivity index (χ1v) is 5.18. The maximum absolute atomic E-state index is 8.92. The summed E-state index contributed by atoms with van der Waals surface area (Å²) in [4.78, 5) is 0. The van der Waals surface area contributed by atoms with Crippen LogP contribution >= 0.6 is 24.0 Å². The number of aliphatic hydroxyl groups is 2. The minimum absolute atomic E-state index is 0.346. The van der Waals surface area contributed by atoms with E-state index in [1.54, 1.807) is 13.8 Å². The van der Waals surface area contributed by atoms with Crippen molar-refractivity contribution in [2.75, 3.05) is 12.3 Å². The fourth-order valence-electron chi connectivity index (χ4n) is 0.478. The van der Waals surface area contributed by atoms with Gasteiger partial charge in [0.05, 0.1) is 12.2 Å². The highest BCUT2D eigenvalue weighted by molar-refractivity contribution is 8.23. The van der Waals surface area contributed by atoms with E-state index in [0.717, 1.165) is 0 Å². The first kappa shape index (κ1) is 12.2. The van der Waals surface area contributed by atoms with Gasteiger partial charge in [0.25, 0.3) is 0 Å². The minimum Gasteiger partial charge on any atom is -0.393 e. The normalized spacial score (nSPS) is 15.3. The van der Waals surface area contributed by atoms with Gasteiger partial charge in [-0.05, 0) is 13.8 Å². The molecule has 0 bridgehead atoms. The van der Waals surface area contributed by atoms with E-state index in [1.807, 2.05) is 0 Å². The van der Waals surface area contributed by atoms with Gasteiger partial charge in [-0.25, -0.2) is 0 Å². The van der Waals surface area contributed by atoms with Gasteiger partial charge >= 0.3 is 0 Å². The van der Waals surface area contributed by atoms with E-state index in [1.165, 1.54) is 11.8 Å². The van der Waals surface area contributed by atoms with Gasteiger partial charge in [0.15, 0.2) is 0 Å². The average molecular weight is 209 g/mol. The van der Waals surface area contributed by atoms with Crippen LogP contribution in [0.3, 0.4) is 0 Å². The van der Waals surface area contributed by atoms with Crippen LogP contribution in [-0.2, 0) is 0 Å². The Morgan fingerprint density at radius 1 is 1.42 bits per heavy atom. The molecule has 0 amide bonds. The molecule has 0 heterocycles. The van der Waals surface area contributed by atoms with Gasteiger partial charge in [0, 0.05) is 12.3 Å². The van der Waals surface area contributed by atoms with Gasteiger partial charge in [0.1, 0.15) is 4.32 Å². The molecule has 0 fully saturated rings. The number of hydrogen-bond donors (Lipinski definition) is 3. The maximum atomic E-state index is 8.92. The Morgan fingerprint density at radius 3 is 2.42 bits per heavy atom. The summed E-state index contributed by atoms with van der Waals surface area (Å²) in [5.74, 6) is 0.589. The highest BCUT2D eigenvalue weighted by Crippen LogP contribution is 2.03. The van der Waals surface area contributed by atoms with E-state index in [-0.39, 0.29) is 6.10 Å². The standard InChI is InChI=1S/C7H15NO2S2/c1-5(9)3-8-7(11)12-4-6(2)10/h5-6,9-10H,3-4H2,1-2H3,(H,8,11). The van der Waals surface area contributed by atoms with E-state index >= 15 is 0 Å². The molecule has 0 radical (unpaired) electrons. The second-order valence-corrected chi connectivity index (χ2v) is 4.37. The third-order valence-electron chi connectivity index (χ3n) is 0.997. The lowest BCUT2D eigenvalue weighted by molar-refractivity contribution is 0.198. The zero-order chi connectivity index (χ0) is 9.56. The molecule has 0 aliphatic rings. The summed E-state index contributed by atoms with van der Waals surface area (Å²) in [5.41, 5.74) is 0. The molecule has 3 nitrogen and oxygen atoms in total. The molecule has 0 spiro atoms. The molecule has 3 N–H and O–H groups in total.